The van der Waals surface area contributed by atoms with Crippen molar-refractivity contribution in [2.45, 2.75) is 37.8 Å². The van der Waals surface area contributed by atoms with Crippen LogP contribution in [-0.2, 0) is 0 Å². The van der Waals surface area contributed by atoms with Crippen molar-refractivity contribution in [3.8, 4) is 5.75 Å². The first-order chi connectivity index (χ1) is 8.97. The topological polar surface area (TPSA) is 69.6 Å². The van der Waals surface area contributed by atoms with Gasteiger partial charge >= 0.3 is 0 Å². The molecule has 0 unspecified atom stereocenters. The third kappa shape index (κ3) is 3.94. The molecular weight excluding hydrogens is 472 g/mol. The number of aliphatic hydroxyl groups excluding tert-OH is 1. The molecule has 0 heterocycles. The maximum atomic E-state index is 12.2. The van der Waals surface area contributed by atoms with E-state index in [4.69, 9.17) is 0 Å². The zero-order chi connectivity index (χ0) is 14.0. The smallest absolute Gasteiger partial charge is 0.255 e. The van der Waals surface area contributed by atoms with Crippen molar-refractivity contribution >= 4 is 51.1 Å². The Morgan fingerprint density at radius 1 is 1.21 bits per heavy atom. The van der Waals surface area contributed by atoms with Crippen molar-refractivity contribution in [2.75, 3.05) is 0 Å². The van der Waals surface area contributed by atoms with Crippen LogP contribution in [0.5, 0.6) is 5.75 Å². The molecule has 1 aliphatic carbocycles. The average molecular weight is 487 g/mol. The molecule has 0 radical (unpaired) electrons. The molecule has 1 amide bonds. The molecule has 1 aromatic carbocycles. The fourth-order valence-electron chi connectivity index (χ4n) is 2.22. The number of phenolic OH excluding ortho intramolecular Hbond substituents is 1. The average Bonchev–Trinajstić information content (AvgIpc) is 2.36. The SMILES string of the molecule is O=C(NC1CCC(O)CC1)c1cc(I)cc(I)c1O. The number of hydrogen-bond acceptors (Lipinski definition) is 3. The maximum Gasteiger partial charge on any atom is 0.255 e. The highest BCUT2D eigenvalue weighted by atomic mass is 127. The molecule has 1 fully saturated rings. The molecule has 0 spiro atoms. The largest absolute Gasteiger partial charge is 0.506 e. The van der Waals surface area contributed by atoms with E-state index in [-0.39, 0.29) is 23.8 Å². The van der Waals surface area contributed by atoms with E-state index in [2.05, 4.69) is 27.9 Å². The fraction of sp³-hybridized carbons (Fsp3) is 0.462. The van der Waals surface area contributed by atoms with Gasteiger partial charge in [-0.3, -0.25) is 4.79 Å². The van der Waals surface area contributed by atoms with Crippen LogP contribution < -0.4 is 5.32 Å². The lowest BCUT2D eigenvalue weighted by Gasteiger charge is -2.26. The predicted molar refractivity (Wildman–Crippen MR) is 89.3 cm³/mol. The molecule has 0 aromatic heterocycles. The van der Waals surface area contributed by atoms with E-state index < -0.39 is 0 Å². The van der Waals surface area contributed by atoms with Crippen LogP contribution in [0.3, 0.4) is 0 Å². The number of rotatable bonds is 2. The zero-order valence-electron chi connectivity index (χ0n) is 10.2. The predicted octanol–water partition coefficient (Wildman–Crippen LogP) is 2.63. The van der Waals surface area contributed by atoms with E-state index in [1.165, 1.54) is 0 Å². The van der Waals surface area contributed by atoms with Crippen molar-refractivity contribution in [1.29, 1.82) is 0 Å². The number of benzene rings is 1. The summed E-state index contributed by atoms with van der Waals surface area (Å²) in [6.07, 6.45) is 2.78. The Balaban J connectivity index is 2.08. The number of carbonyl (C=O) groups is 1. The van der Waals surface area contributed by atoms with Crippen LogP contribution in [0.2, 0.25) is 0 Å². The van der Waals surface area contributed by atoms with Gasteiger partial charge in [-0.05, 0) is 83.0 Å². The molecule has 0 saturated heterocycles. The first-order valence-electron chi connectivity index (χ1n) is 6.14. The van der Waals surface area contributed by atoms with Gasteiger partial charge in [0.2, 0.25) is 0 Å². The van der Waals surface area contributed by atoms with Gasteiger partial charge in [-0.15, -0.1) is 0 Å². The highest BCUT2D eigenvalue weighted by Crippen LogP contribution is 2.27. The van der Waals surface area contributed by atoms with Crippen LogP contribution in [0.15, 0.2) is 12.1 Å². The molecule has 104 valence electrons. The van der Waals surface area contributed by atoms with Gasteiger partial charge in [-0.1, -0.05) is 0 Å². The normalized spacial score (nSPS) is 23.1. The van der Waals surface area contributed by atoms with Crippen LogP contribution in [0.4, 0.5) is 0 Å². The second-order valence-electron chi connectivity index (χ2n) is 4.76. The van der Waals surface area contributed by atoms with Gasteiger partial charge in [0, 0.05) is 9.61 Å². The summed E-state index contributed by atoms with van der Waals surface area (Å²) in [4.78, 5) is 12.2. The second kappa shape index (κ2) is 6.57. The number of halogens is 2. The molecule has 6 heteroatoms. The van der Waals surface area contributed by atoms with Crippen molar-refractivity contribution in [1.82, 2.24) is 5.32 Å². The van der Waals surface area contributed by atoms with Crippen LogP contribution in [0.1, 0.15) is 36.0 Å². The Morgan fingerprint density at radius 2 is 1.84 bits per heavy atom. The highest BCUT2D eigenvalue weighted by molar-refractivity contribution is 14.1. The van der Waals surface area contributed by atoms with Gasteiger partial charge in [-0.2, -0.15) is 0 Å². The molecule has 0 atom stereocenters. The Hall–Kier alpha value is -0.0900. The summed E-state index contributed by atoms with van der Waals surface area (Å²) in [6, 6.07) is 3.60. The van der Waals surface area contributed by atoms with E-state index in [9.17, 15) is 15.0 Å². The van der Waals surface area contributed by atoms with Gasteiger partial charge in [-0.25, -0.2) is 0 Å². The minimum Gasteiger partial charge on any atom is -0.506 e. The van der Waals surface area contributed by atoms with Crippen molar-refractivity contribution in [3.63, 3.8) is 0 Å². The minimum atomic E-state index is -0.240. The molecular formula is C13H15I2NO3. The minimum absolute atomic E-state index is 0.0364. The van der Waals surface area contributed by atoms with E-state index >= 15 is 0 Å². The van der Waals surface area contributed by atoms with E-state index in [1.54, 1.807) is 6.07 Å². The molecule has 4 nitrogen and oxygen atoms in total. The van der Waals surface area contributed by atoms with Gasteiger partial charge in [0.1, 0.15) is 5.75 Å². The first-order valence-corrected chi connectivity index (χ1v) is 8.30. The molecule has 0 bridgehead atoms. The van der Waals surface area contributed by atoms with E-state index in [1.807, 2.05) is 28.7 Å². The molecule has 1 aromatic rings. The van der Waals surface area contributed by atoms with Crippen LogP contribution in [0, 0.1) is 7.14 Å². The quantitative estimate of drug-likeness (QED) is 0.563. The van der Waals surface area contributed by atoms with Gasteiger partial charge in [0.15, 0.2) is 0 Å². The first kappa shape index (κ1) is 15.3. The third-order valence-corrected chi connectivity index (χ3v) is 4.75. The van der Waals surface area contributed by atoms with Crippen LogP contribution in [-0.4, -0.2) is 28.3 Å². The van der Waals surface area contributed by atoms with E-state index in [0.717, 1.165) is 29.3 Å². The lowest BCUT2D eigenvalue weighted by Crippen LogP contribution is -2.38. The van der Waals surface area contributed by atoms with Gasteiger partial charge in [0.05, 0.1) is 15.2 Å². The summed E-state index contributed by atoms with van der Waals surface area (Å²) >= 11 is 4.14. The molecule has 1 saturated carbocycles. The van der Waals surface area contributed by atoms with Crippen LogP contribution >= 0.6 is 45.2 Å². The number of carbonyl (C=O) groups excluding carboxylic acids is 1. The molecule has 3 N–H and O–H groups in total. The summed E-state index contributed by atoms with van der Waals surface area (Å²) in [7, 11) is 0. The Kier molecular flexibility index (Phi) is 5.29. The molecule has 0 aliphatic heterocycles. The number of phenols is 1. The van der Waals surface area contributed by atoms with Gasteiger partial charge < -0.3 is 15.5 Å². The van der Waals surface area contributed by atoms with Crippen molar-refractivity contribution in [2.24, 2.45) is 0 Å². The number of nitrogens with one attached hydrogen (secondary N) is 1. The molecule has 19 heavy (non-hydrogen) atoms. The number of amides is 1. The van der Waals surface area contributed by atoms with Crippen LogP contribution in [0.25, 0.3) is 0 Å². The lowest BCUT2D eigenvalue weighted by molar-refractivity contribution is 0.0865. The zero-order valence-corrected chi connectivity index (χ0v) is 14.5. The summed E-state index contributed by atoms with van der Waals surface area (Å²) in [6.45, 7) is 0. The Bertz CT molecular complexity index is 485. The van der Waals surface area contributed by atoms with E-state index in [0.29, 0.717) is 9.13 Å². The Labute approximate surface area is 139 Å². The summed E-state index contributed by atoms with van der Waals surface area (Å²) in [5, 5.41) is 22.3. The van der Waals surface area contributed by atoms with Gasteiger partial charge in [0.25, 0.3) is 5.91 Å². The summed E-state index contributed by atoms with van der Waals surface area (Å²) in [5.41, 5.74) is 0.322. The number of aliphatic hydroxyl groups is 1. The second-order valence-corrected chi connectivity index (χ2v) is 7.17. The third-order valence-electron chi connectivity index (χ3n) is 3.30. The highest BCUT2D eigenvalue weighted by Gasteiger charge is 2.23. The lowest BCUT2D eigenvalue weighted by atomic mass is 9.93. The monoisotopic (exact) mass is 487 g/mol. The van der Waals surface area contributed by atoms with Crippen molar-refractivity contribution in [3.05, 3.63) is 24.8 Å². The number of hydrogen-bond donors (Lipinski definition) is 3. The maximum absolute atomic E-state index is 12.2. The fourth-order valence-corrected chi connectivity index (χ4v) is 4.07. The molecule has 2 rings (SSSR count). The number of aromatic hydroxyl groups is 1. The standard InChI is InChI=1S/C13H15I2NO3/c14-7-5-10(12(18)11(15)6-7)13(19)16-8-1-3-9(17)4-2-8/h5-6,8-9,17-18H,1-4H2,(H,16,19). The summed E-state index contributed by atoms with van der Waals surface area (Å²) in [5.74, 6) is -0.204. The summed E-state index contributed by atoms with van der Waals surface area (Å²) < 4.78 is 1.60. The Morgan fingerprint density at radius 3 is 2.47 bits per heavy atom. The molecule has 1 aliphatic rings. The van der Waals surface area contributed by atoms with Crippen molar-refractivity contribution < 1.29 is 15.0 Å².